The predicted molar refractivity (Wildman–Crippen MR) is 105 cm³/mol. The van der Waals surface area contributed by atoms with Crippen molar-refractivity contribution >= 4 is 22.9 Å². The van der Waals surface area contributed by atoms with Crippen molar-refractivity contribution in [1.29, 1.82) is 0 Å². The molecule has 29 heavy (non-hydrogen) atoms. The van der Waals surface area contributed by atoms with E-state index in [1.54, 1.807) is 36.7 Å². The van der Waals surface area contributed by atoms with Crippen LogP contribution >= 0.6 is 22.9 Å². The second kappa shape index (κ2) is 8.49. The summed E-state index contributed by atoms with van der Waals surface area (Å²) in [5, 5.41) is 44.7. The fourth-order valence-electron chi connectivity index (χ4n) is 3.30. The van der Waals surface area contributed by atoms with Gasteiger partial charge < -0.3 is 29.7 Å². The van der Waals surface area contributed by atoms with Crippen LogP contribution in [0.1, 0.15) is 22.1 Å². The van der Waals surface area contributed by atoms with Crippen LogP contribution in [-0.2, 0) is 11.2 Å². The van der Waals surface area contributed by atoms with E-state index in [9.17, 15) is 20.4 Å². The third-order valence-electron chi connectivity index (χ3n) is 4.86. The van der Waals surface area contributed by atoms with E-state index in [0.717, 1.165) is 10.4 Å². The predicted octanol–water partition coefficient (Wildman–Crippen LogP) is 1.56. The molecule has 2 aromatic heterocycles. The van der Waals surface area contributed by atoms with Crippen molar-refractivity contribution in [3.05, 3.63) is 57.7 Å². The fraction of sp³-hybridized carbons (Fsp3) is 0.368. The molecule has 10 heteroatoms. The molecular formula is C19H19ClN2O6S. The smallest absolute Gasteiger partial charge is 0.195 e. The normalized spacial score (nSPS) is 27.3. The molecule has 4 rings (SSSR count). The van der Waals surface area contributed by atoms with E-state index in [2.05, 4.69) is 10.1 Å². The van der Waals surface area contributed by atoms with Gasteiger partial charge in [0.15, 0.2) is 10.8 Å². The Labute approximate surface area is 175 Å². The van der Waals surface area contributed by atoms with Gasteiger partial charge in [-0.1, -0.05) is 28.9 Å². The van der Waals surface area contributed by atoms with Gasteiger partial charge in [-0.3, -0.25) is 0 Å². The first-order valence-corrected chi connectivity index (χ1v) is 10.1. The first-order valence-electron chi connectivity index (χ1n) is 8.92. The molecule has 154 valence electrons. The number of aliphatic hydroxyl groups is 4. The molecule has 5 atom stereocenters. The van der Waals surface area contributed by atoms with Gasteiger partial charge >= 0.3 is 0 Å². The number of aromatic nitrogens is 2. The molecule has 1 saturated heterocycles. The van der Waals surface area contributed by atoms with Gasteiger partial charge in [0, 0.05) is 28.6 Å². The van der Waals surface area contributed by atoms with Gasteiger partial charge in [0.05, 0.1) is 12.8 Å². The van der Waals surface area contributed by atoms with Gasteiger partial charge in [-0.15, -0.1) is 11.3 Å². The fourth-order valence-corrected chi connectivity index (χ4v) is 4.38. The summed E-state index contributed by atoms with van der Waals surface area (Å²) in [6.45, 7) is -0.479. The summed E-state index contributed by atoms with van der Waals surface area (Å²) in [5.74, 6) is 0.586. The summed E-state index contributed by atoms with van der Waals surface area (Å²) < 4.78 is 10.8. The maximum Gasteiger partial charge on any atom is 0.195 e. The van der Waals surface area contributed by atoms with Crippen LogP contribution in [0.3, 0.4) is 0 Å². The minimum absolute atomic E-state index is 0.479. The van der Waals surface area contributed by atoms with Gasteiger partial charge in [-0.25, -0.2) is 4.98 Å². The molecule has 1 fully saturated rings. The molecule has 0 spiro atoms. The number of rotatable bonds is 5. The number of ether oxygens (including phenoxy) is 1. The molecule has 0 bridgehead atoms. The lowest BCUT2D eigenvalue weighted by atomic mass is 9.90. The highest BCUT2D eigenvalue weighted by Gasteiger charge is 2.44. The van der Waals surface area contributed by atoms with Gasteiger partial charge in [0.1, 0.15) is 30.5 Å². The van der Waals surface area contributed by atoms with Crippen LogP contribution in [0, 0.1) is 0 Å². The standard InChI is InChI=1S/C19H19ClN2O6S/c20-12-2-1-9(18-17(26)16(25)15(24)14(8-23)27-18)5-10(12)6-11-7-21-19(29-11)13-3-4-22-28-13/h1-5,7,14-18,23-26H,6,8H2/t14-,15-,16+,17-,18+/m1/s1. The second-order valence-corrected chi connectivity index (χ2v) is 8.31. The van der Waals surface area contributed by atoms with Gasteiger partial charge in [-0.2, -0.15) is 0 Å². The monoisotopic (exact) mass is 438 g/mol. The zero-order chi connectivity index (χ0) is 20.5. The van der Waals surface area contributed by atoms with E-state index in [1.165, 1.54) is 11.3 Å². The van der Waals surface area contributed by atoms with Crippen molar-refractivity contribution in [1.82, 2.24) is 10.1 Å². The highest BCUT2D eigenvalue weighted by molar-refractivity contribution is 7.15. The van der Waals surface area contributed by atoms with Crippen LogP contribution in [0.15, 0.2) is 41.2 Å². The summed E-state index contributed by atoms with van der Waals surface area (Å²) >= 11 is 7.81. The summed E-state index contributed by atoms with van der Waals surface area (Å²) in [5.41, 5.74) is 1.37. The zero-order valence-corrected chi connectivity index (χ0v) is 16.6. The van der Waals surface area contributed by atoms with Crippen molar-refractivity contribution in [2.45, 2.75) is 36.9 Å². The van der Waals surface area contributed by atoms with Crippen LogP contribution in [-0.4, -0.2) is 61.6 Å². The molecule has 3 heterocycles. The summed E-state index contributed by atoms with van der Waals surface area (Å²) in [4.78, 5) is 5.28. The molecule has 0 unspecified atom stereocenters. The molecule has 0 radical (unpaired) electrons. The van der Waals surface area contributed by atoms with Gasteiger partial charge in [0.25, 0.3) is 0 Å². The van der Waals surface area contributed by atoms with E-state index in [0.29, 0.717) is 27.8 Å². The molecule has 1 aliphatic rings. The Morgan fingerprint density at radius 2 is 1.93 bits per heavy atom. The second-order valence-electron chi connectivity index (χ2n) is 6.79. The lowest BCUT2D eigenvalue weighted by Gasteiger charge is -2.40. The molecule has 8 nitrogen and oxygen atoms in total. The Balaban J connectivity index is 1.58. The number of hydrogen-bond donors (Lipinski definition) is 4. The van der Waals surface area contributed by atoms with Crippen LogP contribution in [0.4, 0.5) is 0 Å². The molecule has 0 saturated carbocycles. The van der Waals surface area contributed by atoms with Crippen molar-refractivity contribution in [3.8, 4) is 10.8 Å². The van der Waals surface area contributed by atoms with Crippen molar-refractivity contribution < 1.29 is 29.7 Å². The van der Waals surface area contributed by atoms with Crippen LogP contribution in [0.5, 0.6) is 0 Å². The first-order chi connectivity index (χ1) is 14.0. The van der Waals surface area contributed by atoms with Crippen molar-refractivity contribution in [2.24, 2.45) is 0 Å². The number of aliphatic hydroxyl groups excluding tert-OH is 4. The summed E-state index contributed by atoms with van der Waals surface area (Å²) in [6.07, 6.45) is -2.27. The number of halogens is 1. The molecule has 4 N–H and O–H groups in total. The zero-order valence-electron chi connectivity index (χ0n) is 15.1. The largest absolute Gasteiger partial charge is 0.394 e. The average molecular weight is 439 g/mol. The number of thiazole rings is 1. The third-order valence-corrected chi connectivity index (χ3v) is 6.24. The number of nitrogens with zero attached hydrogens (tertiary/aromatic N) is 2. The third kappa shape index (κ3) is 4.08. The van der Waals surface area contributed by atoms with E-state index in [4.69, 9.17) is 20.9 Å². The summed E-state index contributed by atoms with van der Waals surface area (Å²) in [7, 11) is 0. The Morgan fingerprint density at radius 1 is 1.10 bits per heavy atom. The van der Waals surface area contributed by atoms with Crippen LogP contribution in [0.2, 0.25) is 5.02 Å². The van der Waals surface area contributed by atoms with E-state index < -0.39 is 37.1 Å². The van der Waals surface area contributed by atoms with E-state index in [-0.39, 0.29) is 0 Å². The van der Waals surface area contributed by atoms with E-state index >= 15 is 0 Å². The van der Waals surface area contributed by atoms with Crippen molar-refractivity contribution in [3.63, 3.8) is 0 Å². The van der Waals surface area contributed by atoms with Gasteiger partial charge in [-0.05, 0) is 17.2 Å². The highest BCUT2D eigenvalue weighted by atomic mass is 35.5. The van der Waals surface area contributed by atoms with Crippen molar-refractivity contribution in [2.75, 3.05) is 6.61 Å². The lowest BCUT2D eigenvalue weighted by molar-refractivity contribution is -0.231. The molecule has 1 aromatic carbocycles. The molecule has 1 aliphatic heterocycles. The minimum atomic E-state index is -1.43. The topological polar surface area (TPSA) is 129 Å². The van der Waals surface area contributed by atoms with E-state index in [1.807, 2.05) is 0 Å². The molecule has 3 aromatic rings. The Bertz CT molecular complexity index is 964. The molecule has 0 amide bonds. The Kier molecular flexibility index (Phi) is 5.98. The van der Waals surface area contributed by atoms with Crippen LogP contribution in [0.25, 0.3) is 10.8 Å². The van der Waals surface area contributed by atoms with Gasteiger partial charge in [0.2, 0.25) is 0 Å². The highest BCUT2D eigenvalue weighted by Crippen LogP contribution is 2.35. The lowest BCUT2D eigenvalue weighted by Crippen LogP contribution is -2.55. The van der Waals surface area contributed by atoms with Crippen LogP contribution < -0.4 is 0 Å². The average Bonchev–Trinajstić information content (AvgIpc) is 3.40. The first kappa shape index (κ1) is 20.4. The Hall–Kier alpha value is -1.85. The quantitative estimate of drug-likeness (QED) is 0.472. The molecule has 0 aliphatic carbocycles. The number of hydrogen-bond acceptors (Lipinski definition) is 9. The maximum atomic E-state index is 10.4. The number of benzene rings is 1. The Morgan fingerprint density at radius 3 is 2.66 bits per heavy atom. The molecular weight excluding hydrogens is 420 g/mol. The summed E-state index contributed by atoms with van der Waals surface area (Å²) in [6, 6.07) is 6.88. The minimum Gasteiger partial charge on any atom is -0.394 e. The SMILES string of the molecule is OC[C@H]1O[C@@H](c2ccc(Cl)c(Cc3cnc(-c4ccno4)s3)c2)[C@H](O)[C@@H](O)[C@@H]1O. The maximum absolute atomic E-state index is 10.4.